The van der Waals surface area contributed by atoms with E-state index in [9.17, 15) is 4.39 Å². The number of methoxy groups -OCH3 is 1. The van der Waals surface area contributed by atoms with Crippen LogP contribution in [0.15, 0.2) is 29.3 Å². The van der Waals surface area contributed by atoms with Gasteiger partial charge in [0.25, 0.3) is 0 Å². The van der Waals surface area contributed by atoms with E-state index in [0.717, 1.165) is 51.5 Å². The van der Waals surface area contributed by atoms with Gasteiger partial charge in [0.15, 0.2) is 5.96 Å². The van der Waals surface area contributed by atoms with Gasteiger partial charge in [0.2, 0.25) is 0 Å². The first-order chi connectivity index (χ1) is 12.6. The number of benzene rings is 1. The summed E-state index contributed by atoms with van der Waals surface area (Å²) in [5.41, 5.74) is 1.68. The van der Waals surface area contributed by atoms with Gasteiger partial charge < -0.3 is 15.4 Å². The van der Waals surface area contributed by atoms with Gasteiger partial charge in [-0.05, 0) is 62.1 Å². The average molecular weight is 489 g/mol. The SMILES string of the molecule is CCNC(=NCC1(CCOC)CCC1)NCC1(c2ccc(F)cc2)CC1.I. The summed E-state index contributed by atoms with van der Waals surface area (Å²) in [5.74, 6) is 0.721. The first-order valence-corrected chi connectivity index (χ1v) is 9.89. The lowest BCUT2D eigenvalue weighted by atomic mass is 9.67. The first-order valence-electron chi connectivity index (χ1n) is 9.89. The molecule has 2 aliphatic carbocycles. The van der Waals surface area contributed by atoms with Crippen LogP contribution in [0.2, 0.25) is 0 Å². The molecule has 2 saturated carbocycles. The second kappa shape index (κ2) is 10.0. The van der Waals surface area contributed by atoms with Crippen molar-refractivity contribution in [3.63, 3.8) is 0 Å². The van der Waals surface area contributed by atoms with Crippen molar-refractivity contribution in [3.05, 3.63) is 35.6 Å². The Morgan fingerprint density at radius 3 is 2.37 bits per heavy atom. The fourth-order valence-electron chi connectivity index (χ4n) is 3.85. The number of rotatable bonds is 9. The lowest BCUT2D eigenvalue weighted by Gasteiger charge is -2.40. The third-order valence-corrected chi connectivity index (χ3v) is 6.07. The predicted molar refractivity (Wildman–Crippen MR) is 119 cm³/mol. The second-order valence-corrected chi connectivity index (χ2v) is 7.93. The Morgan fingerprint density at radius 2 is 1.85 bits per heavy atom. The molecule has 6 heteroatoms. The molecule has 0 atom stereocenters. The molecular weight excluding hydrogens is 456 g/mol. The van der Waals surface area contributed by atoms with E-state index >= 15 is 0 Å². The quantitative estimate of drug-likeness (QED) is 0.310. The summed E-state index contributed by atoms with van der Waals surface area (Å²) in [7, 11) is 1.77. The zero-order valence-corrected chi connectivity index (χ0v) is 18.9. The monoisotopic (exact) mass is 489 g/mol. The fraction of sp³-hybridized carbons (Fsp3) is 0.667. The van der Waals surface area contributed by atoms with Crippen LogP contribution < -0.4 is 10.6 Å². The molecule has 152 valence electrons. The number of nitrogens with one attached hydrogen (secondary N) is 2. The predicted octanol–water partition coefficient (Wildman–Crippen LogP) is 4.24. The molecule has 0 amide bonds. The molecule has 1 aromatic carbocycles. The van der Waals surface area contributed by atoms with Crippen LogP contribution in [0.3, 0.4) is 0 Å². The minimum absolute atomic E-state index is 0. The van der Waals surface area contributed by atoms with Gasteiger partial charge in [-0.15, -0.1) is 24.0 Å². The third-order valence-electron chi connectivity index (χ3n) is 6.07. The highest BCUT2D eigenvalue weighted by molar-refractivity contribution is 14.0. The molecule has 1 aromatic rings. The van der Waals surface area contributed by atoms with E-state index < -0.39 is 0 Å². The Hall–Kier alpha value is -0.890. The van der Waals surface area contributed by atoms with Gasteiger partial charge >= 0.3 is 0 Å². The lowest BCUT2D eigenvalue weighted by molar-refractivity contribution is 0.0778. The molecule has 2 N–H and O–H groups in total. The molecule has 2 fully saturated rings. The van der Waals surface area contributed by atoms with Crippen molar-refractivity contribution < 1.29 is 9.13 Å². The number of guanidine groups is 1. The fourth-order valence-corrected chi connectivity index (χ4v) is 3.85. The molecule has 27 heavy (non-hydrogen) atoms. The summed E-state index contributed by atoms with van der Waals surface area (Å²) >= 11 is 0. The highest BCUT2D eigenvalue weighted by Gasteiger charge is 2.44. The Bertz CT molecular complexity index is 612. The standard InChI is InChI=1S/C21H32FN3O.HI/c1-3-23-19(24-15-20(9-4-10-20)13-14-26-2)25-16-21(11-12-21)17-5-7-18(22)8-6-17;/h5-8H,3-4,9-16H2,1-2H3,(H2,23,24,25);1H. The largest absolute Gasteiger partial charge is 0.385 e. The Morgan fingerprint density at radius 1 is 1.15 bits per heavy atom. The van der Waals surface area contributed by atoms with E-state index in [4.69, 9.17) is 9.73 Å². The highest BCUT2D eigenvalue weighted by Crippen LogP contribution is 2.47. The number of hydrogen-bond acceptors (Lipinski definition) is 2. The molecule has 0 aromatic heterocycles. The molecule has 0 saturated heterocycles. The zero-order valence-electron chi connectivity index (χ0n) is 16.5. The number of ether oxygens (including phenoxy) is 1. The number of aliphatic imine (C=N–C) groups is 1. The van der Waals surface area contributed by atoms with Crippen LogP contribution in [-0.2, 0) is 10.2 Å². The van der Waals surface area contributed by atoms with Crippen molar-refractivity contribution in [3.8, 4) is 0 Å². The number of halogens is 2. The minimum Gasteiger partial charge on any atom is -0.385 e. The maximum absolute atomic E-state index is 13.2. The van der Waals surface area contributed by atoms with Gasteiger partial charge in [0.05, 0.1) is 0 Å². The van der Waals surface area contributed by atoms with Crippen molar-refractivity contribution in [2.45, 2.75) is 50.9 Å². The molecule has 0 heterocycles. The maximum atomic E-state index is 13.2. The zero-order chi connectivity index (χ0) is 18.5. The lowest BCUT2D eigenvalue weighted by Crippen LogP contribution is -2.43. The highest BCUT2D eigenvalue weighted by atomic mass is 127. The molecule has 0 spiro atoms. The van der Waals surface area contributed by atoms with Crippen LogP contribution >= 0.6 is 24.0 Å². The Labute approximate surface area is 179 Å². The molecule has 3 rings (SSSR count). The summed E-state index contributed by atoms with van der Waals surface area (Å²) < 4.78 is 18.5. The summed E-state index contributed by atoms with van der Waals surface area (Å²) in [6.07, 6.45) is 7.17. The van der Waals surface area contributed by atoms with E-state index in [2.05, 4.69) is 17.6 Å². The van der Waals surface area contributed by atoms with Crippen LogP contribution in [0.25, 0.3) is 0 Å². The van der Waals surface area contributed by atoms with Crippen LogP contribution in [0.1, 0.15) is 51.0 Å². The first kappa shape index (κ1) is 22.4. The van der Waals surface area contributed by atoms with Gasteiger partial charge in [-0.2, -0.15) is 0 Å². The summed E-state index contributed by atoms with van der Waals surface area (Å²) in [5, 5.41) is 6.90. The minimum atomic E-state index is -0.172. The molecule has 4 nitrogen and oxygen atoms in total. The molecule has 0 unspecified atom stereocenters. The van der Waals surface area contributed by atoms with Gasteiger partial charge in [-0.25, -0.2) is 4.39 Å². The summed E-state index contributed by atoms with van der Waals surface area (Å²) in [6.45, 7) is 5.45. The smallest absolute Gasteiger partial charge is 0.191 e. The molecule has 0 bridgehead atoms. The summed E-state index contributed by atoms with van der Waals surface area (Å²) in [4.78, 5) is 4.88. The van der Waals surface area contributed by atoms with Crippen LogP contribution in [-0.4, -0.2) is 39.3 Å². The summed E-state index contributed by atoms with van der Waals surface area (Å²) in [6, 6.07) is 6.96. The van der Waals surface area contributed by atoms with Crippen LogP contribution in [0, 0.1) is 11.2 Å². The van der Waals surface area contributed by atoms with Crippen molar-refractivity contribution in [2.24, 2.45) is 10.4 Å². The van der Waals surface area contributed by atoms with E-state index in [0.29, 0.717) is 5.41 Å². The topological polar surface area (TPSA) is 45.7 Å². The van der Waals surface area contributed by atoms with E-state index in [-0.39, 0.29) is 35.2 Å². The molecule has 2 aliphatic rings. The second-order valence-electron chi connectivity index (χ2n) is 7.93. The van der Waals surface area contributed by atoms with Gasteiger partial charge in [-0.1, -0.05) is 18.6 Å². The molecule has 0 aliphatic heterocycles. The van der Waals surface area contributed by atoms with Crippen LogP contribution in [0.4, 0.5) is 4.39 Å². The van der Waals surface area contributed by atoms with E-state index in [1.807, 2.05) is 12.1 Å². The van der Waals surface area contributed by atoms with Crippen molar-refractivity contribution in [2.75, 3.05) is 33.4 Å². The Kier molecular flexibility index (Phi) is 8.34. The van der Waals surface area contributed by atoms with E-state index in [1.165, 1.54) is 24.8 Å². The van der Waals surface area contributed by atoms with Gasteiger partial charge in [0.1, 0.15) is 5.82 Å². The number of hydrogen-bond donors (Lipinski definition) is 2. The van der Waals surface area contributed by atoms with Gasteiger partial charge in [-0.3, -0.25) is 4.99 Å². The van der Waals surface area contributed by atoms with E-state index in [1.54, 1.807) is 19.2 Å². The average Bonchev–Trinajstić information content (AvgIpc) is 3.40. The van der Waals surface area contributed by atoms with Crippen molar-refractivity contribution >= 4 is 29.9 Å². The van der Waals surface area contributed by atoms with Gasteiger partial charge in [0, 0.05) is 38.8 Å². The molecular formula is C21H33FIN3O. The molecule has 0 radical (unpaired) electrons. The maximum Gasteiger partial charge on any atom is 0.191 e. The third kappa shape index (κ3) is 5.79. The number of nitrogens with zero attached hydrogens (tertiary/aromatic N) is 1. The normalized spacial score (nSPS) is 19.6. The van der Waals surface area contributed by atoms with Crippen molar-refractivity contribution in [1.29, 1.82) is 0 Å². The van der Waals surface area contributed by atoms with Crippen LogP contribution in [0.5, 0.6) is 0 Å². The Balaban J connectivity index is 0.00000261. The van der Waals surface area contributed by atoms with Crippen molar-refractivity contribution in [1.82, 2.24) is 10.6 Å².